The van der Waals surface area contributed by atoms with E-state index in [0.29, 0.717) is 12.8 Å². The Balaban J connectivity index is 1.85. The third-order valence-corrected chi connectivity index (χ3v) is 2.82. The lowest BCUT2D eigenvalue weighted by molar-refractivity contribution is -0.121. The van der Waals surface area contributed by atoms with Crippen LogP contribution in [0.1, 0.15) is 18.4 Å². The topological polar surface area (TPSA) is 72.2 Å². The average Bonchev–Trinajstić information content (AvgIpc) is 2.94. The van der Waals surface area contributed by atoms with Gasteiger partial charge in [-0.2, -0.15) is 5.10 Å². The number of amides is 1. The molecule has 0 aliphatic carbocycles. The molecule has 6 nitrogen and oxygen atoms in total. The lowest BCUT2D eigenvalue weighted by atomic mass is 10.0. The molecular weight excluding hydrogens is 230 g/mol. The molecule has 0 bridgehead atoms. The number of rotatable bonds is 2. The van der Waals surface area contributed by atoms with Crippen LogP contribution in [0.15, 0.2) is 42.0 Å². The van der Waals surface area contributed by atoms with Crippen molar-refractivity contribution in [3.8, 4) is 5.69 Å². The third kappa shape index (κ3) is 2.00. The summed E-state index contributed by atoms with van der Waals surface area (Å²) >= 11 is 0. The predicted molar refractivity (Wildman–Crippen MR) is 65.3 cm³/mol. The fourth-order valence-electron chi connectivity index (χ4n) is 1.84. The van der Waals surface area contributed by atoms with Crippen molar-refractivity contribution in [3.63, 3.8) is 0 Å². The molecule has 1 aromatic heterocycles. The number of hydrogen-bond acceptors (Lipinski definition) is 4. The Morgan fingerprint density at radius 1 is 1.06 bits per heavy atom. The summed E-state index contributed by atoms with van der Waals surface area (Å²) in [4.78, 5) is 11.0. The van der Waals surface area contributed by atoms with Crippen molar-refractivity contribution in [2.24, 2.45) is 5.10 Å². The van der Waals surface area contributed by atoms with E-state index in [1.165, 1.54) is 0 Å². The van der Waals surface area contributed by atoms with Crippen LogP contribution >= 0.6 is 0 Å². The highest BCUT2D eigenvalue weighted by Gasteiger charge is 2.12. The Labute approximate surface area is 103 Å². The molecule has 1 aliphatic rings. The van der Waals surface area contributed by atoms with Crippen molar-refractivity contribution in [2.45, 2.75) is 12.8 Å². The van der Waals surface area contributed by atoms with Crippen molar-refractivity contribution in [3.05, 3.63) is 42.5 Å². The fraction of sp³-hybridized carbons (Fsp3) is 0.167. The van der Waals surface area contributed by atoms with Gasteiger partial charge in [-0.1, -0.05) is 12.1 Å². The predicted octanol–water partition coefficient (Wildman–Crippen LogP) is 0.881. The Bertz CT molecular complexity index is 585. The first-order valence-electron chi connectivity index (χ1n) is 5.64. The number of hydrazone groups is 1. The van der Waals surface area contributed by atoms with Gasteiger partial charge in [0.2, 0.25) is 5.91 Å². The first kappa shape index (κ1) is 10.6. The van der Waals surface area contributed by atoms with E-state index in [1.54, 1.807) is 12.7 Å². The van der Waals surface area contributed by atoms with Crippen LogP contribution < -0.4 is 5.43 Å². The standard InChI is InChI=1S/C12H11N5O/c18-12-6-5-11(15-16-12)9-1-3-10(4-2-9)17-7-13-14-8-17/h1-4,7-8H,5-6H2,(H,16,18). The van der Waals surface area contributed by atoms with Crippen molar-refractivity contribution >= 4 is 11.6 Å². The van der Waals surface area contributed by atoms with Gasteiger partial charge in [0.25, 0.3) is 0 Å². The van der Waals surface area contributed by atoms with Gasteiger partial charge in [0, 0.05) is 18.5 Å². The highest BCUT2D eigenvalue weighted by Crippen LogP contribution is 2.13. The van der Waals surface area contributed by atoms with E-state index in [4.69, 9.17) is 0 Å². The number of hydrogen-bond donors (Lipinski definition) is 1. The minimum atomic E-state index is -0.0279. The first-order valence-corrected chi connectivity index (χ1v) is 5.64. The number of nitrogens with zero attached hydrogens (tertiary/aromatic N) is 4. The molecule has 1 amide bonds. The van der Waals surface area contributed by atoms with Crippen LogP contribution in [-0.4, -0.2) is 26.4 Å². The largest absolute Gasteiger partial charge is 0.288 e. The van der Waals surface area contributed by atoms with Gasteiger partial charge >= 0.3 is 0 Å². The SMILES string of the molecule is O=C1CCC(c2ccc(-n3cnnc3)cc2)=NN1. The summed E-state index contributed by atoms with van der Waals surface area (Å²) < 4.78 is 1.83. The molecule has 0 saturated heterocycles. The number of nitrogens with one attached hydrogen (secondary N) is 1. The molecule has 1 aliphatic heterocycles. The van der Waals surface area contributed by atoms with Crippen LogP contribution in [0.5, 0.6) is 0 Å². The Kier molecular flexibility index (Phi) is 2.60. The molecule has 6 heteroatoms. The van der Waals surface area contributed by atoms with Crippen LogP contribution in [0.25, 0.3) is 5.69 Å². The average molecular weight is 241 g/mol. The molecule has 1 aromatic carbocycles. The first-order chi connectivity index (χ1) is 8.83. The highest BCUT2D eigenvalue weighted by atomic mass is 16.2. The number of carbonyl (C=O) groups excluding carboxylic acids is 1. The van der Waals surface area contributed by atoms with Crippen molar-refractivity contribution in [2.75, 3.05) is 0 Å². The van der Waals surface area contributed by atoms with E-state index in [-0.39, 0.29) is 5.91 Å². The summed E-state index contributed by atoms with van der Waals surface area (Å²) in [6, 6.07) is 7.90. The van der Waals surface area contributed by atoms with Crippen LogP contribution in [0.2, 0.25) is 0 Å². The lowest BCUT2D eigenvalue weighted by Gasteiger charge is -2.12. The maximum atomic E-state index is 11.0. The maximum absolute atomic E-state index is 11.0. The highest BCUT2D eigenvalue weighted by molar-refractivity contribution is 6.04. The molecule has 0 saturated carbocycles. The summed E-state index contributed by atoms with van der Waals surface area (Å²) in [5.41, 5.74) is 5.41. The van der Waals surface area contributed by atoms with E-state index in [9.17, 15) is 4.79 Å². The van der Waals surface area contributed by atoms with E-state index < -0.39 is 0 Å². The molecular formula is C12H11N5O. The van der Waals surface area contributed by atoms with E-state index in [1.807, 2.05) is 28.8 Å². The van der Waals surface area contributed by atoms with E-state index in [2.05, 4.69) is 20.7 Å². The molecule has 0 unspecified atom stereocenters. The van der Waals surface area contributed by atoms with E-state index in [0.717, 1.165) is 17.0 Å². The van der Waals surface area contributed by atoms with E-state index >= 15 is 0 Å². The maximum Gasteiger partial charge on any atom is 0.240 e. The van der Waals surface area contributed by atoms with Gasteiger partial charge in [0.1, 0.15) is 12.7 Å². The minimum Gasteiger partial charge on any atom is -0.288 e. The van der Waals surface area contributed by atoms with Crippen molar-refractivity contribution in [1.29, 1.82) is 0 Å². The monoisotopic (exact) mass is 241 g/mol. The Morgan fingerprint density at radius 3 is 2.39 bits per heavy atom. The molecule has 3 rings (SSSR count). The van der Waals surface area contributed by atoms with Gasteiger partial charge in [-0.3, -0.25) is 9.36 Å². The lowest BCUT2D eigenvalue weighted by Crippen LogP contribution is -2.25. The second kappa shape index (κ2) is 4.40. The molecule has 1 N–H and O–H groups in total. The molecule has 18 heavy (non-hydrogen) atoms. The summed E-state index contributed by atoms with van der Waals surface area (Å²) in [6.45, 7) is 0. The number of carbonyl (C=O) groups is 1. The van der Waals surface area contributed by atoms with Gasteiger partial charge in [-0.05, 0) is 17.7 Å². The van der Waals surface area contributed by atoms with Crippen LogP contribution in [0, 0.1) is 0 Å². The van der Waals surface area contributed by atoms with Gasteiger partial charge in [-0.15, -0.1) is 10.2 Å². The summed E-state index contributed by atoms with van der Waals surface area (Å²) in [7, 11) is 0. The second-order valence-corrected chi connectivity index (χ2v) is 4.01. The van der Waals surface area contributed by atoms with Crippen LogP contribution in [0.3, 0.4) is 0 Å². The molecule has 0 atom stereocenters. The van der Waals surface area contributed by atoms with Gasteiger partial charge in [-0.25, -0.2) is 5.43 Å². The fourth-order valence-corrected chi connectivity index (χ4v) is 1.84. The van der Waals surface area contributed by atoms with Gasteiger partial charge in [0.05, 0.1) is 5.71 Å². The second-order valence-electron chi connectivity index (χ2n) is 4.01. The summed E-state index contributed by atoms with van der Waals surface area (Å²) in [5, 5.41) is 11.6. The molecule has 90 valence electrons. The molecule has 2 aromatic rings. The molecule has 0 spiro atoms. The summed E-state index contributed by atoms with van der Waals surface area (Å²) in [6.07, 6.45) is 4.46. The van der Waals surface area contributed by atoms with Gasteiger partial charge < -0.3 is 0 Å². The quantitative estimate of drug-likeness (QED) is 0.848. The third-order valence-electron chi connectivity index (χ3n) is 2.82. The van der Waals surface area contributed by atoms with Crippen molar-refractivity contribution < 1.29 is 4.79 Å². The zero-order chi connectivity index (χ0) is 12.4. The zero-order valence-electron chi connectivity index (χ0n) is 9.58. The normalized spacial score (nSPS) is 15.1. The van der Waals surface area contributed by atoms with Crippen LogP contribution in [0.4, 0.5) is 0 Å². The van der Waals surface area contributed by atoms with Crippen molar-refractivity contribution in [1.82, 2.24) is 20.2 Å². The Morgan fingerprint density at radius 2 is 1.78 bits per heavy atom. The number of benzene rings is 1. The van der Waals surface area contributed by atoms with Gasteiger partial charge in [0.15, 0.2) is 0 Å². The Hall–Kier alpha value is -2.50. The minimum absolute atomic E-state index is 0.0279. The van der Waals surface area contributed by atoms with Crippen LogP contribution in [-0.2, 0) is 4.79 Å². The number of aromatic nitrogens is 3. The molecule has 0 radical (unpaired) electrons. The smallest absolute Gasteiger partial charge is 0.240 e. The summed E-state index contributed by atoms with van der Waals surface area (Å²) in [5.74, 6) is -0.0279. The molecule has 0 fully saturated rings. The zero-order valence-corrected chi connectivity index (χ0v) is 9.58. The molecule has 2 heterocycles.